The van der Waals surface area contributed by atoms with Crippen molar-refractivity contribution in [3.05, 3.63) is 77.2 Å². The first-order chi connectivity index (χ1) is 20.0. The van der Waals surface area contributed by atoms with Crippen molar-refractivity contribution in [3.63, 3.8) is 0 Å². The molecule has 2 amide bonds. The highest BCUT2D eigenvalue weighted by Crippen LogP contribution is 2.37. The van der Waals surface area contributed by atoms with Gasteiger partial charge in [0, 0.05) is 39.7 Å². The molecule has 0 spiro atoms. The number of rotatable bonds is 10. The number of nitrogens with zero attached hydrogens (tertiary/aromatic N) is 2. The van der Waals surface area contributed by atoms with Crippen LogP contribution >= 0.6 is 0 Å². The van der Waals surface area contributed by atoms with Gasteiger partial charge in [-0.3, -0.25) is 9.59 Å². The van der Waals surface area contributed by atoms with Crippen molar-refractivity contribution in [2.45, 2.75) is 44.1 Å². The van der Waals surface area contributed by atoms with Crippen molar-refractivity contribution < 1.29 is 31.6 Å². The minimum absolute atomic E-state index is 0.0547. The predicted molar refractivity (Wildman–Crippen MR) is 151 cm³/mol. The first-order valence-corrected chi connectivity index (χ1v) is 14.7. The van der Waals surface area contributed by atoms with Gasteiger partial charge in [0.1, 0.15) is 17.6 Å². The molecule has 1 unspecified atom stereocenters. The molecule has 4 aromatic rings. The van der Waals surface area contributed by atoms with Gasteiger partial charge in [0.15, 0.2) is 0 Å². The van der Waals surface area contributed by atoms with Crippen molar-refractivity contribution in [2.75, 3.05) is 7.05 Å². The zero-order valence-corrected chi connectivity index (χ0v) is 23.7. The minimum atomic E-state index is -4.46. The number of carbonyl (C=O) groups excluding carboxylic acids is 2. The zero-order chi connectivity index (χ0) is 30.4. The third-order valence-electron chi connectivity index (χ3n) is 6.55. The van der Waals surface area contributed by atoms with Gasteiger partial charge >= 0.3 is 6.18 Å². The third kappa shape index (κ3) is 7.03. The number of amides is 2. The molecule has 0 aliphatic heterocycles. The Morgan fingerprint density at radius 1 is 1.10 bits per heavy atom. The highest BCUT2D eigenvalue weighted by molar-refractivity contribution is 6.33. The van der Waals surface area contributed by atoms with Crippen LogP contribution in [-0.4, -0.2) is 45.6 Å². The topological polar surface area (TPSA) is 108 Å². The Bertz CT molecular complexity index is 1650. The molecule has 12 heteroatoms. The van der Waals surface area contributed by atoms with Crippen LogP contribution in [0.15, 0.2) is 59.0 Å². The lowest BCUT2D eigenvalue weighted by Gasteiger charge is -2.14. The molecule has 42 heavy (non-hydrogen) atoms. The van der Waals surface area contributed by atoms with Gasteiger partial charge < -0.3 is 15.1 Å². The van der Waals surface area contributed by atoms with Crippen LogP contribution in [0.25, 0.3) is 33.6 Å². The van der Waals surface area contributed by atoms with Gasteiger partial charge in [-0.2, -0.15) is 18.4 Å². The van der Waals surface area contributed by atoms with E-state index in [0.717, 1.165) is 6.04 Å². The molecule has 1 atom stereocenters. The summed E-state index contributed by atoms with van der Waals surface area (Å²) < 4.78 is 59.3. The number of pyridine rings is 1. The molecule has 4 rings (SSSR count). The number of aromatic nitrogens is 1. The lowest BCUT2D eigenvalue weighted by Crippen LogP contribution is -2.33. The van der Waals surface area contributed by atoms with Crippen LogP contribution in [0.5, 0.6) is 0 Å². The van der Waals surface area contributed by atoms with Crippen LogP contribution in [-0.2, 0) is 6.42 Å². The molecule has 0 saturated carbocycles. The van der Waals surface area contributed by atoms with Gasteiger partial charge in [0.25, 0.3) is 11.8 Å². The summed E-state index contributed by atoms with van der Waals surface area (Å²) in [5, 5.41) is 14.9. The van der Waals surface area contributed by atoms with Crippen LogP contribution in [0.1, 0.15) is 39.3 Å². The number of benzene rings is 2. The largest absolute Gasteiger partial charge is 0.437 e. The molecule has 0 bridgehead atoms. The summed E-state index contributed by atoms with van der Waals surface area (Å²) in [7, 11) is 2.04. The molecule has 2 heterocycles. The Hall–Kier alpha value is -4.50. The summed E-state index contributed by atoms with van der Waals surface area (Å²) in [4.78, 5) is 30.4. The lowest BCUT2D eigenvalue weighted by molar-refractivity contribution is -0.134. The average Bonchev–Trinajstić information content (AvgIpc) is 3.35. The van der Waals surface area contributed by atoms with Crippen molar-refractivity contribution in [1.82, 2.24) is 15.6 Å². The predicted octanol–water partition coefficient (Wildman–Crippen LogP) is 6.34. The maximum atomic E-state index is 13.6. The number of alkyl halides is 3. The number of hydrogen-bond donors (Lipinski definition) is 2. The van der Waals surface area contributed by atoms with Crippen molar-refractivity contribution >= 4 is 32.4 Å². The Labute approximate surface area is 241 Å². The second-order valence-electron chi connectivity index (χ2n) is 9.47. The number of nitriles is 1. The average molecular weight is 595 g/mol. The SMILES string of the molecule is CNC(=O)c1c(-c2ccc(F)cc2)oc2nc(CCC(F)(F)F)c(-c3cccc(C(=O)NC(C#N)CC[Si]C)c3)cc12. The number of furan rings is 1. The molecule has 2 aromatic carbocycles. The monoisotopic (exact) mass is 594 g/mol. The Morgan fingerprint density at radius 2 is 1.83 bits per heavy atom. The van der Waals surface area contributed by atoms with Gasteiger partial charge in [0.05, 0.1) is 22.7 Å². The summed E-state index contributed by atoms with van der Waals surface area (Å²) in [6.07, 6.45) is -5.61. The number of nitrogens with one attached hydrogen (secondary N) is 2. The van der Waals surface area contributed by atoms with E-state index in [-0.39, 0.29) is 39.2 Å². The fraction of sp³-hybridized carbons (Fsp3) is 0.267. The highest BCUT2D eigenvalue weighted by Gasteiger charge is 2.29. The van der Waals surface area contributed by atoms with Crippen molar-refractivity contribution in [3.8, 4) is 28.5 Å². The Morgan fingerprint density at radius 3 is 2.48 bits per heavy atom. The van der Waals surface area contributed by atoms with Gasteiger partial charge in [-0.15, -0.1) is 0 Å². The van der Waals surface area contributed by atoms with E-state index in [9.17, 15) is 32.4 Å². The van der Waals surface area contributed by atoms with E-state index >= 15 is 0 Å². The molecule has 2 N–H and O–H groups in total. The van der Waals surface area contributed by atoms with E-state index in [1.165, 1.54) is 49.5 Å². The molecule has 216 valence electrons. The van der Waals surface area contributed by atoms with E-state index in [1.54, 1.807) is 12.1 Å². The molecule has 0 saturated heterocycles. The maximum Gasteiger partial charge on any atom is 0.389 e. The summed E-state index contributed by atoms with van der Waals surface area (Å²) in [5.41, 5.74) is 1.33. The Balaban J connectivity index is 1.86. The first-order valence-electron chi connectivity index (χ1n) is 13.0. The smallest absolute Gasteiger partial charge is 0.389 e. The van der Waals surface area contributed by atoms with E-state index < -0.39 is 42.7 Å². The standard InChI is InChI=1S/C30H26F4N4O3Si/c1-36-28(40)25-23-15-22(18-4-3-5-19(14-18)27(39)37-21(16-35)11-13-42-2)24(10-12-30(32,33)34)38-29(23)41-26(25)17-6-8-20(31)9-7-17/h3-9,14-15,21H,10-13H2,1-2H3,(H,36,40)(H,37,39). The summed E-state index contributed by atoms with van der Waals surface area (Å²) in [6.45, 7) is 2.00. The van der Waals surface area contributed by atoms with Crippen LogP contribution in [0.3, 0.4) is 0 Å². The summed E-state index contributed by atoms with van der Waals surface area (Å²) in [5.74, 6) is -1.45. The highest BCUT2D eigenvalue weighted by atomic mass is 28.2. The molecule has 0 aliphatic carbocycles. The minimum Gasteiger partial charge on any atom is -0.437 e. The molecule has 0 fully saturated rings. The molecular weight excluding hydrogens is 568 g/mol. The van der Waals surface area contributed by atoms with Gasteiger partial charge in [0.2, 0.25) is 5.71 Å². The van der Waals surface area contributed by atoms with Crippen LogP contribution in [0.4, 0.5) is 17.6 Å². The zero-order valence-electron chi connectivity index (χ0n) is 22.7. The summed E-state index contributed by atoms with van der Waals surface area (Å²) in [6, 6.07) is 15.2. The molecule has 2 radical (unpaired) electrons. The number of carbonyl (C=O) groups is 2. The molecular formula is C30H26F4N4O3Si. The summed E-state index contributed by atoms with van der Waals surface area (Å²) >= 11 is 0. The Kier molecular flexibility index (Phi) is 9.42. The maximum absolute atomic E-state index is 13.6. The second-order valence-corrected chi connectivity index (χ2v) is 10.7. The van der Waals surface area contributed by atoms with Crippen LogP contribution in [0.2, 0.25) is 12.6 Å². The third-order valence-corrected chi connectivity index (χ3v) is 7.34. The van der Waals surface area contributed by atoms with E-state index in [2.05, 4.69) is 21.7 Å². The lowest BCUT2D eigenvalue weighted by atomic mass is 9.96. The number of halogens is 4. The van der Waals surface area contributed by atoms with Crippen molar-refractivity contribution in [2.24, 2.45) is 0 Å². The first kappa shape index (κ1) is 30.5. The fourth-order valence-electron chi connectivity index (χ4n) is 4.44. The van der Waals surface area contributed by atoms with Crippen LogP contribution < -0.4 is 10.6 Å². The second kappa shape index (κ2) is 13.0. The number of hydrogen-bond acceptors (Lipinski definition) is 5. The fourth-order valence-corrected chi connectivity index (χ4v) is 5.02. The van der Waals surface area contributed by atoms with Gasteiger partial charge in [-0.25, -0.2) is 9.37 Å². The van der Waals surface area contributed by atoms with Crippen LogP contribution in [0, 0.1) is 17.1 Å². The normalized spacial score (nSPS) is 12.1. The van der Waals surface area contributed by atoms with E-state index in [4.69, 9.17) is 4.42 Å². The van der Waals surface area contributed by atoms with E-state index in [1.807, 2.05) is 6.55 Å². The van der Waals surface area contributed by atoms with Crippen molar-refractivity contribution in [1.29, 1.82) is 5.26 Å². The number of fused-ring (bicyclic) bond motifs is 1. The molecule has 0 aliphatic rings. The van der Waals surface area contributed by atoms with E-state index in [0.29, 0.717) is 27.1 Å². The quantitative estimate of drug-likeness (QED) is 0.165. The number of aryl methyl sites for hydroxylation is 1. The molecule has 2 aromatic heterocycles. The van der Waals surface area contributed by atoms with Gasteiger partial charge in [-0.05, 0) is 60.9 Å². The molecule has 7 nitrogen and oxygen atoms in total. The van der Waals surface area contributed by atoms with Gasteiger partial charge in [-0.1, -0.05) is 24.7 Å².